The van der Waals surface area contributed by atoms with Crippen LogP contribution in [0.25, 0.3) is 0 Å². The van der Waals surface area contributed by atoms with Crippen molar-refractivity contribution in [1.82, 2.24) is 5.32 Å². The molecule has 0 unspecified atom stereocenters. The molecule has 1 aromatic rings. The maximum atomic E-state index is 11.3. The summed E-state index contributed by atoms with van der Waals surface area (Å²) in [6.45, 7) is 0.253. The summed E-state index contributed by atoms with van der Waals surface area (Å²) in [4.78, 5) is 13.4. The number of hydrogen-bond donors (Lipinski definition) is 2. The van der Waals surface area contributed by atoms with Crippen molar-refractivity contribution in [2.24, 2.45) is 5.73 Å². The van der Waals surface area contributed by atoms with E-state index in [0.717, 1.165) is 15.7 Å². The Bertz CT molecular complexity index is 450. The largest absolute Gasteiger partial charge is 0.389 e. The molecule has 0 aliphatic rings. The van der Waals surface area contributed by atoms with Gasteiger partial charge in [0.15, 0.2) is 0 Å². The number of likely N-dealkylation sites (N-methyl/N-ethyl adjacent to an activating group) is 2. The number of hydrogen-bond acceptors (Lipinski definition) is 3. The molecule has 0 aliphatic heterocycles. The van der Waals surface area contributed by atoms with Gasteiger partial charge in [-0.1, -0.05) is 18.3 Å². The maximum Gasteiger partial charge on any atom is 0.239 e. The molecule has 1 aromatic carbocycles. The summed E-state index contributed by atoms with van der Waals surface area (Å²) in [7, 11) is 3.42. The normalized spacial score (nSPS) is 9.82. The molecule has 0 atom stereocenters. The van der Waals surface area contributed by atoms with Crippen LogP contribution in [0, 0.1) is 0 Å². The molecule has 92 valence electrons. The Morgan fingerprint density at radius 2 is 2.24 bits per heavy atom. The fourth-order valence-electron chi connectivity index (χ4n) is 1.45. The van der Waals surface area contributed by atoms with Crippen molar-refractivity contribution >= 4 is 44.7 Å². The molecule has 0 spiro atoms. The molecular weight excluding hydrogens is 302 g/mol. The highest BCUT2D eigenvalue weighted by Crippen LogP contribution is 2.26. The molecule has 6 heteroatoms. The first kappa shape index (κ1) is 13.9. The second-order valence-electron chi connectivity index (χ2n) is 3.53. The van der Waals surface area contributed by atoms with E-state index in [1.54, 1.807) is 11.9 Å². The Kier molecular flexibility index (Phi) is 4.89. The van der Waals surface area contributed by atoms with Gasteiger partial charge in [0.25, 0.3) is 0 Å². The highest BCUT2D eigenvalue weighted by atomic mass is 79.9. The van der Waals surface area contributed by atoms with Crippen LogP contribution in [0.3, 0.4) is 0 Å². The molecular formula is C11H14BrN3OS. The Balaban J connectivity index is 3.09. The van der Waals surface area contributed by atoms with Crippen LogP contribution in [0.2, 0.25) is 0 Å². The smallest absolute Gasteiger partial charge is 0.239 e. The number of carbonyl (C=O) groups excluding carboxylic acids is 1. The molecule has 1 rings (SSSR count). The fourth-order valence-corrected chi connectivity index (χ4v) is 2.37. The average molecular weight is 316 g/mol. The van der Waals surface area contributed by atoms with Gasteiger partial charge in [-0.2, -0.15) is 0 Å². The summed E-state index contributed by atoms with van der Waals surface area (Å²) in [5, 5.41) is 2.57. The van der Waals surface area contributed by atoms with Gasteiger partial charge in [-0.15, -0.1) is 0 Å². The van der Waals surface area contributed by atoms with Crippen molar-refractivity contribution in [2.45, 2.75) is 0 Å². The van der Waals surface area contributed by atoms with Gasteiger partial charge in [-0.25, -0.2) is 0 Å². The Labute approximate surface area is 114 Å². The topological polar surface area (TPSA) is 58.4 Å². The van der Waals surface area contributed by atoms with E-state index in [4.69, 9.17) is 18.0 Å². The lowest BCUT2D eigenvalue weighted by atomic mass is 10.1. The molecule has 0 aliphatic carbocycles. The summed E-state index contributed by atoms with van der Waals surface area (Å²) in [6, 6.07) is 5.62. The van der Waals surface area contributed by atoms with Gasteiger partial charge in [0.1, 0.15) is 4.99 Å². The van der Waals surface area contributed by atoms with Crippen molar-refractivity contribution in [2.75, 3.05) is 25.5 Å². The average Bonchev–Trinajstić information content (AvgIpc) is 2.27. The zero-order valence-corrected chi connectivity index (χ0v) is 12.1. The van der Waals surface area contributed by atoms with Crippen molar-refractivity contribution in [1.29, 1.82) is 0 Å². The van der Waals surface area contributed by atoms with E-state index >= 15 is 0 Å². The van der Waals surface area contributed by atoms with Gasteiger partial charge in [0.2, 0.25) is 5.91 Å². The van der Waals surface area contributed by atoms with Gasteiger partial charge in [-0.3, -0.25) is 4.79 Å². The van der Waals surface area contributed by atoms with Crippen molar-refractivity contribution < 1.29 is 4.79 Å². The number of nitrogens with one attached hydrogen (secondary N) is 1. The fraction of sp³-hybridized carbons (Fsp3) is 0.273. The van der Waals surface area contributed by atoms with E-state index in [1.165, 1.54) is 0 Å². The molecule has 0 saturated carbocycles. The number of nitrogens with two attached hydrogens (primary N) is 1. The summed E-state index contributed by atoms with van der Waals surface area (Å²) in [5.74, 6) is -0.0682. The number of halogens is 1. The van der Waals surface area contributed by atoms with E-state index in [2.05, 4.69) is 21.2 Å². The molecule has 0 bridgehead atoms. The molecule has 1 amide bonds. The van der Waals surface area contributed by atoms with E-state index < -0.39 is 0 Å². The number of thiocarbonyl (C=S) groups is 1. The second-order valence-corrected chi connectivity index (χ2v) is 4.82. The summed E-state index contributed by atoms with van der Waals surface area (Å²) < 4.78 is 0.825. The van der Waals surface area contributed by atoms with Gasteiger partial charge in [-0.05, 0) is 28.1 Å². The van der Waals surface area contributed by atoms with Crippen molar-refractivity contribution in [3.05, 3.63) is 28.2 Å². The van der Waals surface area contributed by atoms with Crippen LogP contribution in [0.1, 0.15) is 5.56 Å². The second kappa shape index (κ2) is 5.97. The Morgan fingerprint density at radius 3 is 2.76 bits per heavy atom. The molecule has 0 heterocycles. The zero-order valence-electron chi connectivity index (χ0n) is 9.66. The summed E-state index contributed by atoms with van der Waals surface area (Å²) in [6.07, 6.45) is 0. The van der Waals surface area contributed by atoms with E-state index in [-0.39, 0.29) is 12.5 Å². The lowest BCUT2D eigenvalue weighted by molar-refractivity contribution is -0.119. The van der Waals surface area contributed by atoms with Crippen LogP contribution >= 0.6 is 28.1 Å². The molecule has 0 fully saturated rings. The van der Waals surface area contributed by atoms with Crippen LogP contribution in [0.5, 0.6) is 0 Å². The third kappa shape index (κ3) is 3.41. The molecule has 3 N–H and O–H groups in total. The maximum absolute atomic E-state index is 11.3. The van der Waals surface area contributed by atoms with E-state index in [9.17, 15) is 4.79 Å². The molecule has 0 radical (unpaired) electrons. The summed E-state index contributed by atoms with van der Waals surface area (Å²) in [5.41, 5.74) is 7.26. The standard InChI is InChI=1S/C11H14BrN3OS/c1-14-9(16)6-15(2)8-5-3-4-7(12)10(8)11(13)17/h3-5H,6H2,1-2H3,(H2,13,17)(H,14,16). The lowest BCUT2D eigenvalue weighted by Gasteiger charge is -2.22. The third-order valence-electron chi connectivity index (χ3n) is 2.31. The Hall–Kier alpha value is -1.14. The molecule has 0 aromatic heterocycles. The summed E-state index contributed by atoms with van der Waals surface area (Å²) >= 11 is 8.42. The first-order chi connectivity index (χ1) is 7.97. The van der Waals surface area contributed by atoms with Crippen molar-refractivity contribution in [3.63, 3.8) is 0 Å². The van der Waals surface area contributed by atoms with Crippen LogP contribution < -0.4 is 16.0 Å². The van der Waals surface area contributed by atoms with E-state index in [0.29, 0.717) is 4.99 Å². The SMILES string of the molecule is CNC(=O)CN(C)c1cccc(Br)c1C(N)=S. The minimum Gasteiger partial charge on any atom is -0.389 e. The first-order valence-electron chi connectivity index (χ1n) is 4.97. The number of rotatable bonds is 4. The first-order valence-corrected chi connectivity index (χ1v) is 6.17. The molecule has 4 nitrogen and oxygen atoms in total. The van der Waals surface area contributed by atoms with E-state index in [1.807, 2.05) is 25.2 Å². The minimum atomic E-state index is -0.0682. The van der Waals surface area contributed by atoms with Crippen LogP contribution in [0.15, 0.2) is 22.7 Å². The Morgan fingerprint density at radius 1 is 1.59 bits per heavy atom. The minimum absolute atomic E-state index is 0.0682. The zero-order chi connectivity index (χ0) is 13.0. The van der Waals surface area contributed by atoms with Gasteiger partial charge >= 0.3 is 0 Å². The quantitative estimate of drug-likeness (QED) is 0.821. The highest BCUT2D eigenvalue weighted by molar-refractivity contribution is 9.10. The predicted octanol–water partition coefficient (Wildman–Crippen LogP) is 1.27. The molecule has 17 heavy (non-hydrogen) atoms. The predicted molar refractivity (Wildman–Crippen MR) is 77.4 cm³/mol. The van der Waals surface area contributed by atoms with Gasteiger partial charge in [0.05, 0.1) is 6.54 Å². The lowest BCUT2D eigenvalue weighted by Crippen LogP contribution is -2.34. The number of carbonyl (C=O) groups is 1. The van der Waals surface area contributed by atoms with Crippen LogP contribution in [0.4, 0.5) is 5.69 Å². The molecule has 0 saturated heterocycles. The number of benzene rings is 1. The van der Waals surface area contributed by atoms with Gasteiger partial charge in [0, 0.05) is 29.8 Å². The van der Waals surface area contributed by atoms with Crippen LogP contribution in [-0.4, -0.2) is 31.5 Å². The van der Waals surface area contributed by atoms with Crippen molar-refractivity contribution in [3.8, 4) is 0 Å². The number of anilines is 1. The van der Waals surface area contributed by atoms with Crippen LogP contribution in [-0.2, 0) is 4.79 Å². The van der Waals surface area contributed by atoms with Gasteiger partial charge < -0.3 is 16.0 Å². The third-order valence-corrected chi connectivity index (χ3v) is 3.17. The monoisotopic (exact) mass is 315 g/mol. The number of amides is 1. The number of nitrogens with zero attached hydrogens (tertiary/aromatic N) is 1. The highest BCUT2D eigenvalue weighted by Gasteiger charge is 2.14.